The molecule has 0 aliphatic heterocycles. The van der Waals surface area contributed by atoms with Crippen LogP contribution in [0.25, 0.3) is 32.7 Å². The van der Waals surface area contributed by atoms with Crippen LogP contribution in [0, 0.1) is 0 Å². The molecule has 0 saturated carbocycles. The van der Waals surface area contributed by atoms with Gasteiger partial charge in [-0.05, 0) is 63.7 Å². The van der Waals surface area contributed by atoms with Crippen LogP contribution in [0.5, 0.6) is 0 Å². The van der Waals surface area contributed by atoms with Crippen LogP contribution in [0.1, 0.15) is 24.2 Å². The second kappa shape index (κ2) is 8.19. The van der Waals surface area contributed by atoms with Crippen LogP contribution in [0.15, 0.2) is 67.0 Å². The highest BCUT2D eigenvalue weighted by Gasteiger charge is 2.12. The summed E-state index contributed by atoms with van der Waals surface area (Å²) in [6.07, 6.45) is 3.64. The summed E-state index contributed by atoms with van der Waals surface area (Å²) in [5.74, 6) is -0.346. The van der Waals surface area contributed by atoms with Crippen LogP contribution in [0.4, 0.5) is 0 Å². The monoisotopic (exact) mass is 377 g/mol. The number of pyridine rings is 1. The molecule has 4 heteroatoms. The molecule has 0 atom stereocenters. The number of fused-ring (bicyclic) bond motifs is 3. The highest BCUT2D eigenvalue weighted by molar-refractivity contribution is 6.30. The standard InChI is InChI=1S/C21H14ClNO2.C2H6/c1-25-21(24)14-4-7-17-15(10-14)11-19(13-2-5-16(22)6-3-13)18-8-9-23-12-20(17)18;1-2/h2-12H,1H3;1-2H3. The second-order valence-electron chi connectivity index (χ2n) is 5.78. The summed E-state index contributed by atoms with van der Waals surface area (Å²) in [6, 6.07) is 17.4. The smallest absolute Gasteiger partial charge is 0.337 e. The number of carbonyl (C=O) groups is 1. The number of aromatic nitrogens is 1. The van der Waals surface area contributed by atoms with E-state index in [-0.39, 0.29) is 5.97 Å². The van der Waals surface area contributed by atoms with Crippen molar-refractivity contribution >= 4 is 39.1 Å². The number of benzene rings is 3. The van der Waals surface area contributed by atoms with Gasteiger partial charge in [0.05, 0.1) is 12.7 Å². The Kier molecular flexibility index (Phi) is 5.72. The molecule has 0 fully saturated rings. The lowest BCUT2D eigenvalue weighted by Gasteiger charge is -2.11. The van der Waals surface area contributed by atoms with E-state index in [0.717, 1.165) is 32.7 Å². The van der Waals surface area contributed by atoms with Crippen molar-refractivity contribution in [3.63, 3.8) is 0 Å². The first-order valence-electron chi connectivity index (χ1n) is 8.82. The molecule has 3 nitrogen and oxygen atoms in total. The van der Waals surface area contributed by atoms with Gasteiger partial charge in [-0.15, -0.1) is 0 Å². The number of rotatable bonds is 2. The van der Waals surface area contributed by atoms with Gasteiger partial charge in [0.15, 0.2) is 0 Å². The van der Waals surface area contributed by atoms with Crippen molar-refractivity contribution in [3.05, 3.63) is 77.6 Å². The molecule has 4 rings (SSSR count). The van der Waals surface area contributed by atoms with E-state index in [2.05, 4.69) is 11.1 Å². The molecule has 0 radical (unpaired) electrons. The Morgan fingerprint density at radius 1 is 0.926 bits per heavy atom. The van der Waals surface area contributed by atoms with Gasteiger partial charge in [-0.2, -0.15) is 0 Å². The van der Waals surface area contributed by atoms with Crippen molar-refractivity contribution in [2.24, 2.45) is 0 Å². The number of methoxy groups -OCH3 is 1. The summed E-state index contributed by atoms with van der Waals surface area (Å²) in [5, 5.41) is 4.86. The molecule has 0 amide bonds. The van der Waals surface area contributed by atoms with E-state index < -0.39 is 0 Å². The number of esters is 1. The zero-order chi connectivity index (χ0) is 19.4. The minimum atomic E-state index is -0.346. The Morgan fingerprint density at radius 2 is 1.67 bits per heavy atom. The number of carbonyl (C=O) groups excluding carboxylic acids is 1. The molecule has 3 aromatic carbocycles. The lowest BCUT2D eigenvalue weighted by Crippen LogP contribution is -2.00. The topological polar surface area (TPSA) is 39.2 Å². The van der Waals surface area contributed by atoms with E-state index >= 15 is 0 Å². The highest BCUT2D eigenvalue weighted by Crippen LogP contribution is 2.35. The zero-order valence-corrected chi connectivity index (χ0v) is 16.2. The number of ether oxygens (including phenoxy) is 1. The molecule has 0 aliphatic rings. The first kappa shape index (κ1) is 18.9. The molecule has 4 aromatic rings. The van der Waals surface area contributed by atoms with E-state index in [0.29, 0.717) is 10.6 Å². The molecule has 1 heterocycles. The molecule has 0 spiro atoms. The van der Waals surface area contributed by atoms with Crippen molar-refractivity contribution < 1.29 is 9.53 Å². The Morgan fingerprint density at radius 3 is 2.37 bits per heavy atom. The maximum atomic E-state index is 11.9. The van der Waals surface area contributed by atoms with Crippen LogP contribution in [0.2, 0.25) is 5.02 Å². The van der Waals surface area contributed by atoms with Gasteiger partial charge in [0.25, 0.3) is 0 Å². The fourth-order valence-electron chi connectivity index (χ4n) is 3.12. The molecule has 0 unspecified atom stereocenters. The van der Waals surface area contributed by atoms with Crippen molar-refractivity contribution in [1.82, 2.24) is 4.98 Å². The van der Waals surface area contributed by atoms with E-state index in [1.165, 1.54) is 7.11 Å². The summed E-state index contributed by atoms with van der Waals surface area (Å²) in [7, 11) is 1.38. The molecule has 1 aromatic heterocycles. The fraction of sp³-hybridized carbons (Fsp3) is 0.130. The van der Waals surface area contributed by atoms with E-state index in [9.17, 15) is 4.79 Å². The number of hydrogen-bond acceptors (Lipinski definition) is 3. The van der Waals surface area contributed by atoms with E-state index in [4.69, 9.17) is 16.3 Å². The second-order valence-corrected chi connectivity index (χ2v) is 6.22. The quantitative estimate of drug-likeness (QED) is 0.295. The van der Waals surface area contributed by atoms with Gasteiger partial charge in [-0.25, -0.2) is 4.79 Å². The average molecular weight is 378 g/mol. The van der Waals surface area contributed by atoms with E-state index in [1.807, 2.05) is 62.5 Å². The molecule has 0 bridgehead atoms. The van der Waals surface area contributed by atoms with Crippen LogP contribution in [0.3, 0.4) is 0 Å². The van der Waals surface area contributed by atoms with Gasteiger partial charge in [0.1, 0.15) is 0 Å². The molecular weight excluding hydrogens is 358 g/mol. The SMILES string of the molecule is CC.COC(=O)c1ccc2c(c1)cc(-c1ccc(Cl)cc1)c1ccncc12. The van der Waals surface area contributed by atoms with Gasteiger partial charge < -0.3 is 4.74 Å². The molecular formula is C23H20ClNO2. The lowest BCUT2D eigenvalue weighted by atomic mass is 9.93. The molecule has 27 heavy (non-hydrogen) atoms. The van der Waals surface area contributed by atoms with Crippen LogP contribution in [-0.4, -0.2) is 18.1 Å². The van der Waals surface area contributed by atoms with Gasteiger partial charge in [0, 0.05) is 22.8 Å². The average Bonchev–Trinajstić information content (AvgIpc) is 2.74. The fourth-order valence-corrected chi connectivity index (χ4v) is 3.24. The Bertz CT molecular complexity index is 1100. The summed E-state index contributed by atoms with van der Waals surface area (Å²) < 4.78 is 4.83. The maximum Gasteiger partial charge on any atom is 0.337 e. The van der Waals surface area contributed by atoms with E-state index in [1.54, 1.807) is 12.3 Å². The van der Waals surface area contributed by atoms with Crippen LogP contribution < -0.4 is 0 Å². The Hall–Kier alpha value is -2.91. The number of hydrogen-bond donors (Lipinski definition) is 0. The molecule has 0 N–H and O–H groups in total. The normalized spacial score (nSPS) is 10.4. The molecule has 0 saturated heterocycles. The van der Waals surface area contributed by atoms with Crippen molar-refractivity contribution in [1.29, 1.82) is 0 Å². The summed E-state index contributed by atoms with van der Waals surface area (Å²) in [4.78, 5) is 16.1. The molecule has 0 aliphatic carbocycles. The van der Waals surface area contributed by atoms with Gasteiger partial charge in [0.2, 0.25) is 0 Å². The third kappa shape index (κ3) is 3.64. The Labute approximate surface area is 163 Å². The minimum absolute atomic E-state index is 0.346. The maximum absolute atomic E-state index is 11.9. The predicted octanol–water partition coefficient (Wildman–Crippen LogP) is 6.52. The van der Waals surface area contributed by atoms with Crippen LogP contribution >= 0.6 is 11.6 Å². The minimum Gasteiger partial charge on any atom is -0.465 e. The molecule has 136 valence electrons. The number of halogens is 1. The van der Waals surface area contributed by atoms with Crippen molar-refractivity contribution in [2.45, 2.75) is 13.8 Å². The summed E-state index contributed by atoms with van der Waals surface area (Å²) >= 11 is 6.02. The number of nitrogens with zero attached hydrogens (tertiary/aromatic N) is 1. The predicted molar refractivity (Wildman–Crippen MR) is 112 cm³/mol. The Balaban J connectivity index is 0.00000102. The third-order valence-corrected chi connectivity index (χ3v) is 4.58. The first-order chi connectivity index (χ1) is 13.2. The summed E-state index contributed by atoms with van der Waals surface area (Å²) in [5.41, 5.74) is 2.66. The highest BCUT2D eigenvalue weighted by atomic mass is 35.5. The third-order valence-electron chi connectivity index (χ3n) is 4.33. The van der Waals surface area contributed by atoms with Crippen molar-refractivity contribution in [3.8, 4) is 11.1 Å². The summed E-state index contributed by atoms with van der Waals surface area (Å²) in [6.45, 7) is 4.00. The lowest BCUT2D eigenvalue weighted by molar-refractivity contribution is 0.0601. The van der Waals surface area contributed by atoms with Crippen molar-refractivity contribution in [2.75, 3.05) is 7.11 Å². The largest absolute Gasteiger partial charge is 0.465 e. The van der Waals surface area contributed by atoms with Gasteiger partial charge >= 0.3 is 5.97 Å². The zero-order valence-electron chi connectivity index (χ0n) is 15.5. The first-order valence-corrected chi connectivity index (χ1v) is 9.20. The van der Waals surface area contributed by atoms with Gasteiger partial charge in [-0.3, -0.25) is 4.98 Å². The van der Waals surface area contributed by atoms with Gasteiger partial charge in [-0.1, -0.05) is 43.6 Å². The van der Waals surface area contributed by atoms with Crippen LogP contribution in [-0.2, 0) is 4.74 Å².